The molecule has 2 heterocycles. The summed E-state index contributed by atoms with van der Waals surface area (Å²) in [5.41, 5.74) is 4.76. The average Bonchev–Trinajstić information content (AvgIpc) is 3.00. The van der Waals surface area contributed by atoms with E-state index in [9.17, 15) is 5.26 Å². The van der Waals surface area contributed by atoms with E-state index >= 15 is 0 Å². The van der Waals surface area contributed by atoms with Gasteiger partial charge in [-0.25, -0.2) is 4.98 Å². The van der Waals surface area contributed by atoms with Crippen LogP contribution in [0.3, 0.4) is 0 Å². The Balaban J connectivity index is 2.18. The van der Waals surface area contributed by atoms with E-state index in [0.29, 0.717) is 5.57 Å². The fraction of sp³-hybridized carbons (Fsp3) is 0.125. The monoisotopic (exact) mass is 279 g/mol. The quantitative estimate of drug-likeness (QED) is 0.711. The van der Waals surface area contributed by atoms with Crippen LogP contribution in [0, 0.1) is 25.2 Å². The predicted octanol–water partition coefficient (Wildman–Crippen LogP) is 4.31. The molecular weight excluding hydrogens is 266 g/mol. The highest BCUT2D eigenvalue weighted by Crippen LogP contribution is 2.27. The first-order chi connectivity index (χ1) is 9.69. The van der Waals surface area contributed by atoms with E-state index in [0.717, 1.165) is 32.9 Å². The molecule has 0 aliphatic carbocycles. The summed E-state index contributed by atoms with van der Waals surface area (Å²) < 4.78 is 0. The van der Waals surface area contributed by atoms with Gasteiger partial charge in [-0.1, -0.05) is 18.2 Å². The van der Waals surface area contributed by atoms with Crippen molar-refractivity contribution in [3.63, 3.8) is 0 Å². The van der Waals surface area contributed by atoms with Crippen LogP contribution in [0.1, 0.15) is 22.0 Å². The van der Waals surface area contributed by atoms with E-state index in [-0.39, 0.29) is 0 Å². The maximum absolute atomic E-state index is 9.39. The van der Waals surface area contributed by atoms with E-state index in [1.807, 2.05) is 43.5 Å². The fourth-order valence-electron chi connectivity index (χ4n) is 2.25. The first-order valence-corrected chi connectivity index (χ1v) is 7.18. The van der Waals surface area contributed by atoms with Crippen LogP contribution in [-0.2, 0) is 0 Å². The second kappa shape index (κ2) is 4.95. The molecule has 0 bridgehead atoms. The maximum Gasteiger partial charge on any atom is 0.134 e. The number of benzene rings is 1. The van der Waals surface area contributed by atoms with E-state index in [1.165, 1.54) is 11.3 Å². The van der Waals surface area contributed by atoms with Crippen LogP contribution in [0.4, 0.5) is 0 Å². The number of nitrogens with zero attached hydrogens (tertiary/aromatic N) is 2. The van der Waals surface area contributed by atoms with E-state index in [1.54, 1.807) is 0 Å². The fourth-order valence-corrected chi connectivity index (χ4v) is 3.01. The standard InChI is InChI=1S/C16H13N3S/c1-10-9-20-16(18-10)12(8-17)7-14-11(2)19-15-6-4-3-5-13(14)15/h3-7,9,19H,1-2H3/b12-7-. The van der Waals surface area contributed by atoms with Crippen molar-refractivity contribution >= 4 is 33.9 Å². The lowest BCUT2D eigenvalue weighted by Crippen LogP contribution is -1.82. The van der Waals surface area contributed by atoms with Crippen LogP contribution >= 0.6 is 11.3 Å². The Morgan fingerprint density at radius 3 is 2.85 bits per heavy atom. The number of hydrogen-bond acceptors (Lipinski definition) is 3. The average molecular weight is 279 g/mol. The molecule has 98 valence electrons. The number of H-pyrrole nitrogens is 1. The minimum Gasteiger partial charge on any atom is -0.358 e. The highest BCUT2D eigenvalue weighted by Gasteiger charge is 2.10. The number of allylic oxidation sites excluding steroid dienone is 1. The van der Waals surface area contributed by atoms with Crippen LogP contribution < -0.4 is 0 Å². The van der Waals surface area contributed by atoms with Crippen molar-refractivity contribution in [2.24, 2.45) is 0 Å². The van der Waals surface area contributed by atoms with Gasteiger partial charge in [-0.2, -0.15) is 5.26 Å². The Labute approximate surface area is 121 Å². The summed E-state index contributed by atoms with van der Waals surface area (Å²) >= 11 is 1.50. The number of hydrogen-bond donors (Lipinski definition) is 1. The third-order valence-corrected chi connectivity index (χ3v) is 4.20. The Morgan fingerprint density at radius 2 is 2.15 bits per heavy atom. The molecule has 0 fully saturated rings. The molecule has 0 radical (unpaired) electrons. The molecule has 3 rings (SSSR count). The van der Waals surface area contributed by atoms with E-state index in [4.69, 9.17) is 0 Å². The molecule has 0 saturated carbocycles. The lowest BCUT2D eigenvalue weighted by Gasteiger charge is -1.96. The lowest BCUT2D eigenvalue weighted by atomic mass is 10.1. The van der Waals surface area contributed by atoms with Gasteiger partial charge in [0.05, 0.1) is 5.57 Å². The molecule has 0 spiro atoms. The van der Waals surface area contributed by atoms with Gasteiger partial charge in [0.25, 0.3) is 0 Å². The SMILES string of the molecule is Cc1csc(/C(C#N)=C\c2c(C)[nH]c3ccccc23)n1. The van der Waals surface area contributed by atoms with E-state index in [2.05, 4.69) is 22.1 Å². The van der Waals surface area contributed by atoms with Crippen molar-refractivity contribution in [2.75, 3.05) is 0 Å². The van der Waals surface area contributed by atoms with Crippen LogP contribution in [-0.4, -0.2) is 9.97 Å². The lowest BCUT2D eigenvalue weighted by molar-refractivity contribution is 1.24. The number of rotatable bonds is 2. The molecule has 2 aromatic heterocycles. The zero-order valence-corrected chi connectivity index (χ0v) is 12.1. The number of aromatic nitrogens is 2. The van der Waals surface area contributed by atoms with Gasteiger partial charge in [0.2, 0.25) is 0 Å². The van der Waals surface area contributed by atoms with Gasteiger partial charge in [0.1, 0.15) is 11.1 Å². The second-order valence-corrected chi connectivity index (χ2v) is 5.53. The summed E-state index contributed by atoms with van der Waals surface area (Å²) in [5.74, 6) is 0. The third kappa shape index (κ3) is 2.13. The summed E-state index contributed by atoms with van der Waals surface area (Å²) in [4.78, 5) is 7.73. The molecule has 1 aromatic carbocycles. The Hall–Kier alpha value is -2.38. The molecule has 4 heteroatoms. The number of nitriles is 1. The zero-order valence-electron chi connectivity index (χ0n) is 11.3. The number of thiazole rings is 1. The first kappa shape index (κ1) is 12.6. The molecule has 20 heavy (non-hydrogen) atoms. The van der Waals surface area contributed by atoms with Crippen LogP contribution in [0.5, 0.6) is 0 Å². The number of nitrogens with one attached hydrogen (secondary N) is 1. The molecule has 0 aliphatic rings. The summed E-state index contributed by atoms with van der Waals surface area (Å²) in [5, 5.41) is 13.3. The summed E-state index contributed by atoms with van der Waals surface area (Å²) in [7, 11) is 0. The molecule has 1 N–H and O–H groups in total. The minimum atomic E-state index is 0.607. The normalized spacial score (nSPS) is 11.8. The molecule has 0 unspecified atom stereocenters. The number of para-hydroxylation sites is 1. The van der Waals surface area contributed by atoms with E-state index < -0.39 is 0 Å². The topological polar surface area (TPSA) is 52.5 Å². The Kier molecular flexibility index (Phi) is 3.13. The van der Waals surface area contributed by atoms with Gasteiger partial charge in [-0.15, -0.1) is 11.3 Å². The van der Waals surface area contributed by atoms with Crippen molar-refractivity contribution in [3.05, 3.63) is 51.6 Å². The molecule has 0 saturated heterocycles. The summed E-state index contributed by atoms with van der Waals surface area (Å²) in [6.07, 6.45) is 1.92. The maximum atomic E-state index is 9.39. The third-order valence-electron chi connectivity index (χ3n) is 3.20. The van der Waals surface area contributed by atoms with Crippen molar-refractivity contribution in [1.29, 1.82) is 5.26 Å². The number of aromatic amines is 1. The largest absolute Gasteiger partial charge is 0.358 e. The highest BCUT2D eigenvalue weighted by atomic mass is 32.1. The number of fused-ring (bicyclic) bond motifs is 1. The first-order valence-electron chi connectivity index (χ1n) is 6.30. The van der Waals surface area contributed by atoms with Gasteiger partial charge in [-0.05, 0) is 26.0 Å². The Morgan fingerprint density at radius 1 is 1.35 bits per heavy atom. The summed E-state index contributed by atoms with van der Waals surface area (Å²) in [6.45, 7) is 3.96. The predicted molar refractivity (Wildman–Crippen MR) is 83.4 cm³/mol. The van der Waals surface area contributed by atoms with Crippen molar-refractivity contribution < 1.29 is 0 Å². The van der Waals surface area contributed by atoms with Crippen LogP contribution in [0.15, 0.2) is 29.6 Å². The molecule has 0 atom stereocenters. The van der Waals surface area contributed by atoms with Crippen LogP contribution in [0.2, 0.25) is 0 Å². The Bertz CT molecular complexity index is 846. The second-order valence-electron chi connectivity index (χ2n) is 4.67. The summed E-state index contributed by atoms with van der Waals surface area (Å²) in [6, 6.07) is 10.4. The molecule has 0 aliphatic heterocycles. The molecule has 0 amide bonds. The van der Waals surface area contributed by atoms with Gasteiger partial charge < -0.3 is 4.98 Å². The van der Waals surface area contributed by atoms with Crippen LogP contribution in [0.25, 0.3) is 22.6 Å². The van der Waals surface area contributed by atoms with Crippen molar-refractivity contribution in [2.45, 2.75) is 13.8 Å². The molecule has 3 aromatic rings. The number of aryl methyl sites for hydroxylation is 2. The van der Waals surface area contributed by atoms with Gasteiger partial charge in [0, 0.05) is 33.2 Å². The highest BCUT2D eigenvalue weighted by molar-refractivity contribution is 7.11. The van der Waals surface area contributed by atoms with Crippen molar-refractivity contribution in [1.82, 2.24) is 9.97 Å². The molecular formula is C16H13N3S. The van der Waals surface area contributed by atoms with Gasteiger partial charge >= 0.3 is 0 Å². The zero-order chi connectivity index (χ0) is 14.1. The van der Waals surface area contributed by atoms with Crippen molar-refractivity contribution in [3.8, 4) is 6.07 Å². The van der Waals surface area contributed by atoms with Gasteiger partial charge in [0.15, 0.2) is 0 Å². The van der Waals surface area contributed by atoms with Gasteiger partial charge in [-0.3, -0.25) is 0 Å². The smallest absolute Gasteiger partial charge is 0.134 e. The minimum absolute atomic E-state index is 0.607. The molecule has 3 nitrogen and oxygen atoms in total.